The lowest BCUT2D eigenvalue weighted by atomic mass is 10.1. The molecule has 4 aromatic rings. The van der Waals surface area contributed by atoms with Crippen molar-refractivity contribution in [2.45, 2.75) is 30.9 Å². The van der Waals surface area contributed by atoms with Crippen LogP contribution in [-0.2, 0) is 6.61 Å². The first-order valence-electron chi connectivity index (χ1n) is 11.1. The summed E-state index contributed by atoms with van der Waals surface area (Å²) >= 11 is 4.70. The minimum absolute atomic E-state index is 0.0106. The number of thioether (sulfide) groups is 1. The third kappa shape index (κ3) is 6.52. The molecule has 12 heteroatoms. The molecule has 0 spiro atoms. The summed E-state index contributed by atoms with van der Waals surface area (Å²) in [6.45, 7) is 3.60. The smallest absolute Gasteiger partial charge is 0.269 e. The minimum Gasteiger partial charge on any atom is -0.489 e. The van der Waals surface area contributed by atoms with Crippen LogP contribution in [0.1, 0.15) is 27.8 Å². The minimum atomic E-state index is -0.632. The molecule has 10 nitrogen and oxygen atoms in total. The summed E-state index contributed by atoms with van der Waals surface area (Å²) in [5.41, 5.74) is 3.31. The van der Waals surface area contributed by atoms with Gasteiger partial charge in [-0.3, -0.25) is 24.8 Å². The van der Waals surface area contributed by atoms with E-state index in [2.05, 4.69) is 26.1 Å². The Hall–Kier alpha value is -3.77. The Kier molecular flexibility index (Phi) is 8.19. The summed E-state index contributed by atoms with van der Waals surface area (Å²) in [6, 6.07) is 19.3. The lowest BCUT2D eigenvalue weighted by Crippen LogP contribution is -2.12. The highest BCUT2D eigenvalue weighted by Crippen LogP contribution is 2.41. The summed E-state index contributed by atoms with van der Waals surface area (Å²) in [7, 11) is 0. The van der Waals surface area contributed by atoms with Crippen LogP contribution in [0.15, 0.2) is 76.4 Å². The molecule has 3 aromatic carbocycles. The quantitative estimate of drug-likeness (QED) is 0.122. The molecule has 0 N–H and O–H groups in total. The van der Waals surface area contributed by atoms with E-state index in [1.807, 2.05) is 42.7 Å². The van der Waals surface area contributed by atoms with Crippen LogP contribution in [0, 0.1) is 34.1 Å². The highest BCUT2D eigenvalue weighted by molar-refractivity contribution is 9.10. The van der Waals surface area contributed by atoms with Gasteiger partial charge in [-0.2, -0.15) is 0 Å². The second kappa shape index (κ2) is 11.5. The molecule has 190 valence electrons. The van der Waals surface area contributed by atoms with Gasteiger partial charge in [-0.15, -0.1) is 10.2 Å². The van der Waals surface area contributed by atoms with Gasteiger partial charge < -0.3 is 4.74 Å². The van der Waals surface area contributed by atoms with E-state index in [0.717, 1.165) is 21.3 Å². The maximum atomic E-state index is 11.7. The van der Waals surface area contributed by atoms with E-state index < -0.39 is 10.2 Å². The van der Waals surface area contributed by atoms with Crippen molar-refractivity contribution >= 4 is 33.4 Å². The van der Waals surface area contributed by atoms with Crippen molar-refractivity contribution in [1.82, 2.24) is 14.8 Å². The van der Waals surface area contributed by atoms with Crippen LogP contribution in [-0.4, -0.2) is 31.2 Å². The van der Waals surface area contributed by atoms with Crippen LogP contribution >= 0.6 is 27.7 Å². The molecule has 1 atom stereocenters. The lowest BCUT2D eigenvalue weighted by molar-refractivity contribution is -0.479. The molecular weight excluding hydrogens is 562 g/mol. The maximum absolute atomic E-state index is 11.7. The van der Waals surface area contributed by atoms with Gasteiger partial charge in [-0.25, -0.2) is 0 Å². The SMILES string of the molecule is Cc1ccc(-n2c(C)nnc2S[C@H](C[N+](=O)[O-])c2cc(Br)ccc2OCc2ccc([N+](=O)[O-])cc2)cc1. The number of halogens is 1. The number of rotatable bonds is 10. The second-order valence-electron chi connectivity index (χ2n) is 8.22. The Labute approximate surface area is 225 Å². The van der Waals surface area contributed by atoms with Crippen LogP contribution in [0.2, 0.25) is 0 Å². The van der Waals surface area contributed by atoms with Gasteiger partial charge in [0.1, 0.15) is 23.4 Å². The standard InChI is InChI=1S/C25H22BrN5O5S/c1-16-3-8-20(9-4-16)30-17(2)27-28-25(30)37-24(14-29(32)33)22-13-19(26)7-12-23(22)36-15-18-5-10-21(11-6-18)31(34)35/h3-13,24H,14-15H2,1-2H3/t24-/m1/s1. The Balaban J connectivity index is 1.64. The Morgan fingerprint density at radius 2 is 1.70 bits per heavy atom. The topological polar surface area (TPSA) is 126 Å². The molecule has 0 aliphatic heterocycles. The van der Waals surface area contributed by atoms with Gasteiger partial charge in [-0.1, -0.05) is 45.4 Å². The van der Waals surface area contributed by atoms with Crippen molar-refractivity contribution in [3.05, 3.63) is 114 Å². The predicted octanol–water partition coefficient (Wildman–Crippen LogP) is 6.24. The summed E-state index contributed by atoms with van der Waals surface area (Å²) in [5.74, 6) is 1.13. The lowest BCUT2D eigenvalue weighted by Gasteiger charge is -2.18. The van der Waals surface area contributed by atoms with Gasteiger partial charge in [0.25, 0.3) is 5.69 Å². The molecule has 0 unspecified atom stereocenters. The first kappa shape index (κ1) is 26.3. The number of nitrogens with zero attached hydrogens (tertiary/aromatic N) is 5. The van der Waals surface area contributed by atoms with Crippen LogP contribution in [0.3, 0.4) is 0 Å². The molecule has 0 amide bonds. The number of aryl methyl sites for hydroxylation is 2. The number of hydrogen-bond donors (Lipinski definition) is 0. The van der Waals surface area contributed by atoms with Gasteiger partial charge in [0.05, 0.1) is 4.92 Å². The number of benzene rings is 3. The van der Waals surface area contributed by atoms with Gasteiger partial charge in [0, 0.05) is 32.8 Å². The number of ether oxygens (including phenoxy) is 1. The van der Waals surface area contributed by atoms with Crippen molar-refractivity contribution < 1.29 is 14.6 Å². The first-order valence-corrected chi connectivity index (χ1v) is 12.8. The van der Waals surface area contributed by atoms with Crippen molar-refractivity contribution in [1.29, 1.82) is 0 Å². The molecule has 0 aliphatic rings. The average molecular weight is 584 g/mol. The number of hydrogen-bond acceptors (Lipinski definition) is 8. The van der Waals surface area contributed by atoms with E-state index in [9.17, 15) is 20.2 Å². The highest BCUT2D eigenvalue weighted by Gasteiger charge is 2.27. The Morgan fingerprint density at radius 3 is 2.35 bits per heavy atom. The van der Waals surface area contributed by atoms with Gasteiger partial charge in [-0.05, 0) is 61.9 Å². The number of aromatic nitrogens is 3. The summed E-state index contributed by atoms with van der Waals surface area (Å²) in [4.78, 5) is 21.8. The largest absolute Gasteiger partial charge is 0.489 e. The zero-order chi connectivity index (χ0) is 26.5. The summed E-state index contributed by atoms with van der Waals surface area (Å²) < 4.78 is 8.66. The molecule has 4 rings (SSSR count). The molecule has 37 heavy (non-hydrogen) atoms. The zero-order valence-corrected chi connectivity index (χ0v) is 22.3. The van der Waals surface area contributed by atoms with E-state index >= 15 is 0 Å². The number of nitro groups is 2. The average Bonchev–Trinajstić information content (AvgIpc) is 3.23. The van der Waals surface area contributed by atoms with E-state index in [1.54, 1.807) is 30.3 Å². The summed E-state index contributed by atoms with van der Waals surface area (Å²) in [6.07, 6.45) is 0. The Morgan fingerprint density at radius 1 is 1.00 bits per heavy atom. The van der Waals surface area contributed by atoms with Crippen LogP contribution < -0.4 is 4.74 Å². The molecule has 0 aliphatic carbocycles. The molecule has 1 heterocycles. The normalized spacial score (nSPS) is 11.8. The van der Waals surface area contributed by atoms with Crippen molar-refractivity contribution in [2.24, 2.45) is 0 Å². The molecule has 0 fully saturated rings. The third-order valence-electron chi connectivity index (χ3n) is 5.51. The van der Waals surface area contributed by atoms with Gasteiger partial charge >= 0.3 is 0 Å². The van der Waals surface area contributed by atoms with Crippen LogP contribution in [0.4, 0.5) is 5.69 Å². The first-order chi connectivity index (χ1) is 17.7. The predicted molar refractivity (Wildman–Crippen MR) is 143 cm³/mol. The Bertz CT molecular complexity index is 1430. The number of nitro benzene ring substituents is 1. The maximum Gasteiger partial charge on any atom is 0.269 e. The molecule has 0 saturated heterocycles. The van der Waals surface area contributed by atoms with Gasteiger partial charge in [0.2, 0.25) is 6.54 Å². The fourth-order valence-corrected chi connectivity index (χ4v) is 5.22. The van der Waals surface area contributed by atoms with Gasteiger partial charge in [0.15, 0.2) is 5.16 Å². The zero-order valence-electron chi connectivity index (χ0n) is 19.9. The van der Waals surface area contributed by atoms with Crippen molar-refractivity contribution in [3.8, 4) is 11.4 Å². The van der Waals surface area contributed by atoms with E-state index in [1.165, 1.54) is 23.9 Å². The molecule has 1 aromatic heterocycles. The highest BCUT2D eigenvalue weighted by atomic mass is 79.9. The van der Waals surface area contributed by atoms with E-state index in [-0.39, 0.29) is 23.8 Å². The van der Waals surface area contributed by atoms with E-state index in [0.29, 0.717) is 22.3 Å². The second-order valence-corrected chi connectivity index (χ2v) is 10.3. The molecule has 0 saturated carbocycles. The van der Waals surface area contributed by atoms with Crippen molar-refractivity contribution in [2.75, 3.05) is 6.54 Å². The fraction of sp³-hybridized carbons (Fsp3) is 0.200. The fourth-order valence-electron chi connectivity index (χ4n) is 3.65. The van der Waals surface area contributed by atoms with Crippen LogP contribution in [0.5, 0.6) is 5.75 Å². The third-order valence-corrected chi connectivity index (χ3v) is 7.17. The number of non-ortho nitro benzene ring substituents is 1. The molecule has 0 bridgehead atoms. The van der Waals surface area contributed by atoms with E-state index in [4.69, 9.17) is 4.74 Å². The van der Waals surface area contributed by atoms with Crippen molar-refractivity contribution in [3.63, 3.8) is 0 Å². The summed E-state index contributed by atoms with van der Waals surface area (Å²) in [5, 5.41) is 31.0. The monoisotopic (exact) mass is 583 g/mol. The van der Waals surface area contributed by atoms with Crippen LogP contribution in [0.25, 0.3) is 5.69 Å². The molecule has 0 radical (unpaired) electrons. The molecular formula is C25H22BrN5O5S.